The lowest BCUT2D eigenvalue weighted by atomic mass is 9.85. The predicted octanol–water partition coefficient (Wildman–Crippen LogP) is 4.22. The van der Waals surface area contributed by atoms with E-state index in [2.05, 4.69) is 16.7 Å². The molecule has 2 N–H and O–H groups in total. The normalized spacial score (nSPS) is 21.2. The molecule has 0 amide bonds. The van der Waals surface area contributed by atoms with Crippen molar-refractivity contribution in [3.63, 3.8) is 0 Å². The monoisotopic (exact) mass is 406 g/mol. The Bertz CT molecular complexity index is 1140. The molecule has 1 aliphatic rings. The van der Waals surface area contributed by atoms with E-state index in [1.165, 1.54) is 6.20 Å². The van der Waals surface area contributed by atoms with E-state index in [-0.39, 0.29) is 17.9 Å². The van der Waals surface area contributed by atoms with Crippen molar-refractivity contribution in [2.24, 2.45) is 6.98 Å². The Labute approximate surface area is 174 Å². The van der Waals surface area contributed by atoms with Gasteiger partial charge in [0.25, 0.3) is 5.56 Å². The number of pyridine rings is 1. The van der Waals surface area contributed by atoms with E-state index in [0.717, 1.165) is 45.9 Å². The van der Waals surface area contributed by atoms with Crippen LogP contribution in [0.4, 0.5) is 5.69 Å². The molecule has 6 heteroatoms. The molecule has 4 nitrogen and oxygen atoms in total. The van der Waals surface area contributed by atoms with Crippen LogP contribution in [0.1, 0.15) is 21.7 Å². The van der Waals surface area contributed by atoms with Crippen LogP contribution in [-0.2, 0) is 12.5 Å². The van der Waals surface area contributed by atoms with E-state index in [1.54, 1.807) is 12.1 Å². The SMILES string of the molecule is Cl.[2H]C([2H])([2H])n1ccc2ccc(NC3(c4cccc(Cl)c4C)CCNC3)cc2c1=O. The Balaban J connectivity index is 0.00000256. The Morgan fingerprint density at radius 3 is 2.89 bits per heavy atom. The summed E-state index contributed by atoms with van der Waals surface area (Å²) < 4.78 is 23.5. The summed E-state index contributed by atoms with van der Waals surface area (Å²) in [5, 5.41) is 8.81. The van der Waals surface area contributed by atoms with E-state index >= 15 is 0 Å². The first-order valence-corrected chi connectivity index (χ1v) is 8.99. The van der Waals surface area contributed by atoms with Gasteiger partial charge in [0.15, 0.2) is 0 Å². The molecule has 1 unspecified atom stereocenters. The predicted molar refractivity (Wildman–Crippen MR) is 115 cm³/mol. The maximum absolute atomic E-state index is 12.8. The zero-order chi connectivity index (χ0) is 20.8. The lowest BCUT2D eigenvalue weighted by Crippen LogP contribution is -2.38. The van der Waals surface area contributed by atoms with Crippen molar-refractivity contribution >= 4 is 40.5 Å². The largest absolute Gasteiger partial charge is 0.374 e. The van der Waals surface area contributed by atoms with Crippen LogP contribution in [-0.4, -0.2) is 17.7 Å². The van der Waals surface area contributed by atoms with Crippen LogP contribution in [0.5, 0.6) is 0 Å². The number of hydrogen-bond acceptors (Lipinski definition) is 3. The highest BCUT2D eigenvalue weighted by atomic mass is 35.5. The molecule has 1 atom stereocenters. The van der Waals surface area contributed by atoms with Gasteiger partial charge in [-0.1, -0.05) is 29.8 Å². The molecule has 2 heterocycles. The summed E-state index contributed by atoms with van der Waals surface area (Å²) in [6.45, 7) is 1.08. The summed E-state index contributed by atoms with van der Waals surface area (Å²) in [5.41, 5.74) is 2.02. The Morgan fingerprint density at radius 1 is 1.30 bits per heavy atom. The number of benzene rings is 2. The zero-order valence-corrected chi connectivity index (χ0v) is 16.5. The van der Waals surface area contributed by atoms with Gasteiger partial charge in [-0.2, -0.15) is 0 Å². The molecule has 27 heavy (non-hydrogen) atoms. The highest BCUT2D eigenvalue weighted by Gasteiger charge is 2.37. The molecular formula is C21H23Cl2N3O. The highest BCUT2D eigenvalue weighted by molar-refractivity contribution is 6.31. The molecule has 0 aliphatic carbocycles. The first-order chi connectivity index (χ1) is 13.7. The summed E-state index contributed by atoms with van der Waals surface area (Å²) in [7, 11) is 0. The average molecular weight is 407 g/mol. The lowest BCUT2D eigenvalue weighted by Gasteiger charge is -2.33. The van der Waals surface area contributed by atoms with E-state index in [1.807, 2.05) is 31.2 Å². The summed E-state index contributed by atoms with van der Waals surface area (Å²) in [4.78, 5) is 12.8. The molecule has 1 saturated heterocycles. The third-order valence-corrected chi connectivity index (χ3v) is 5.64. The number of fused-ring (bicyclic) bond motifs is 1. The quantitative estimate of drug-likeness (QED) is 0.684. The van der Waals surface area contributed by atoms with Crippen molar-refractivity contribution in [2.45, 2.75) is 18.9 Å². The molecule has 3 aromatic rings. The minimum Gasteiger partial charge on any atom is -0.374 e. The minimum absolute atomic E-state index is 0. The molecular weight excluding hydrogens is 381 g/mol. The molecule has 142 valence electrons. The molecule has 1 aromatic heterocycles. The fraction of sp³-hybridized carbons (Fsp3) is 0.286. The number of hydrogen-bond donors (Lipinski definition) is 2. The molecule has 4 rings (SSSR count). The number of aromatic nitrogens is 1. The van der Waals surface area contributed by atoms with Gasteiger partial charge in [0.2, 0.25) is 0 Å². The van der Waals surface area contributed by atoms with Gasteiger partial charge in [0.05, 0.1) is 5.54 Å². The summed E-state index contributed by atoms with van der Waals surface area (Å²) >= 11 is 6.37. The van der Waals surface area contributed by atoms with Gasteiger partial charge in [-0.15, -0.1) is 12.4 Å². The van der Waals surface area contributed by atoms with Gasteiger partial charge in [-0.05, 0) is 60.7 Å². The summed E-state index contributed by atoms with van der Waals surface area (Å²) in [5.74, 6) is 0. The van der Waals surface area contributed by atoms with Crippen LogP contribution >= 0.6 is 24.0 Å². The van der Waals surface area contributed by atoms with Crippen molar-refractivity contribution in [3.8, 4) is 0 Å². The van der Waals surface area contributed by atoms with E-state index in [4.69, 9.17) is 15.7 Å². The number of aryl methyl sites for hydroxylation is 1. The van der Waals surface area contributed by atoms with Crippen molar-refractivity contribution in [1.29, 1.82) is 0 Å². The van der Waals surface area contributed by atoms with Gasteiger partial charge < -0.3 is 15.2 Å². The standard InChI is InChI=1S/C21H22ClN3O.ClH/c1-14-18(4-3-5-19(14)22)21(9-10-23-13-21)24-16-7-6-15-8-11-25(2)20(26)17(15)12-16;/h3-8,11-12,23-24H,9-10,13H2,1-2H3;1H/i2D3;. The van der Waals surface area contributed by atoms with Crippen LogP contribution in [0.15, 0.2) is 53.5 Å². The molecule has 0 radical (unpaired) electrons. The third-order valence-electron chi connectivity index (χ3n) is 5.23. The van der Waals surface area contributed by atoms with E-state index in [9.17, 15) is 4.79 Å². The fourth-order valence-corrected chi connectivity index (χ4v) is 3.99. The Hall–Kier alpha value is -2.01. The van der Waals surface area contributed by atoms with Crippen molar-refractivity contribution in [1.82, 2.24) is 9.88 Å². The van der Waals surface area contributed by atoms with Crippen molar-refractivity contribution < 1.29 is 4.11 Å². The number of rotatable bonds is 3. The van der Waals surface area contributed by atoms with Gasteiger partial charge in [-0.25, -0.2) is 0 Å². The molecule has 2 aromatic carbocycles. The van der Waals surface area contributed by atoms with Crippen molar-refractivity contribution in [2.75, 3.05) is 18.4 Å². The first-order valence-electron chi connectivity index (χ1n) is 10.1. The first kappa shape index (κ1) is 16.0. The number of nitrogens with one attached hydrogen (secondary N) is 2. The zero-order valence-electron chi connectivity index (χ0n) is 17.9. The van der Waals surface area contributed by atoms with Crippen LogP contribution in [0.2, 0.25) is 5.02 Å². The Morgan fingerprint density at radius 2 is 2.15 bits per heavy atom. The van der Waals surface area contributed by atoms with Crippen LogP contribution in [0.25, 0.3) is 10.8 Å². The topological polar surface area (TPSA) is 46.1 Å². The van der Waals surface area contributed by atoms with Gasteiger partial charge in [-0.3, -0.25) is 4.79 Å². The summed E-state index contributed by atoms with van der Waals surface area (Å²) in [6.07, 6.45) is 2.18. The average Bonchev–Trinajstić information content (AvgIpc) is 3.13. The third kappa shape index (κ3) is 3.45. The second-order valence-corrected chi connectivity index (χ2v) is 7.25. The van der Waals surface area contributed by atoms with Gasteiger partial charge >= 0.3 is 0 Å². The fourth-order valence-electron chi connectivity index (χ4n) is 3.81. The van der Waals surface area contributed by atoms with Gasteiger partial charge in [0, 0.05) is 39.9 Å². The number of anilines is 1. The van der Waals surface area contributed by atoms with Crippen LogP contribution in [0.3, 0.4) is 0 Å². The van der Waals surface area contributed by atoms with Gasteiger partial charge in [0.1, 0.15) is 0 Å². The summed E-state index contributed by atoms with van der Waals surface area (Å²) in [6, 6.07) is 13.0. The maximum Gasteiger partial charge on any atom is 0.258 e. The second kappa shape index (κ2) is 7.55. The van der Waals surface area contributed by atoms with Crippen LogP contribution < -0.4 is 16.2 Å². The number of halogens is 2. The molecule has 1 fully saturated rings. The highest BCUT2D eigenvalue weighted by Crippen LogP contribution is 2.36. The minimum atomic E-state index is -2.51. The van der Waals surface area contributed by atoms with E-state index in [0.29, 0.717) is 10.8 Å². The molecule has 0 bridgehead atoms. The maximum atomic E-state index is 12.8. The van der Waals surface area contributed by atoms with Crippen molar-refractivity contribution in [3.05, 3.63) is 75.2 Å². The second-order valence-electron chi connectivity index (χ2n) is 6.84. The Kier molecular flexibility index (Phi) is 4.47. The lowest BCUT2D eigenvalue weighted by molar-refractivity contribution is 0.539. The molecule has 0 saturated carbocycles. The smallest absolute Gasteiger partial charge is 0.258 e. The molecule has 1 aliphatic heterocycles. The molecule has 0 spiro atoms. The van der Waals surface area contributed by atoms with Crippen LogP contribution in [0, 0.1) is 6.92 Å². The van der Waals surface area contributed by atoms with E-state index < -0.39 is 12.5 Å². The number of nitrogens with zero attached hydrogens (tertiary/aromatic N) is 1.